The number of allylic oxidation sites excluding steroid dienone is 2. The van der Waals surface area contributed by atoms with Crippen molar-refractivity contribution in [1.29, 1.82) is 0 Å². The molecule has 2 saturated carbocycles. The third kappa shape index (κ3) is 3.64. The maximum atomic E-state index is 12.5. The molecule has 0 saturated heterocycles. The number of amides is 1. The van der Waals surface area contributed by atoms with Crippen molar-refractivity contribution < 1.29 is 14.7 Å². The highest BCUT2D eigenvalue weighted by atomic mass is 16.4. The van der Waals surface area contributed by atoms with Gasteiger partial charge in [-0.15, -0.1) is 0 Å². The number of carbonyl (C=O) groups excluding carboxylic acids is 1. The zero-order valence-corrected chi connectivity index (χ0v) is 12.4. The topological polar surface area (TPSA) is 69.6 Å². The van der Waals surface area contributed by atoms with Crippen molar-refractivity contribution >= 4 is 11.9 Å². The van der Waals surface area contributed by atoms with E-state index in [-0.39, 0.29) is 18.4 Å². The minimum absolute atomic E-state index is 0.0394. The number of carboxylic acids is 1. The van der Waals surface area contributed by atoms with Crippen molar-refractivity contribution in [2.24, 2.45) is 5.92 Å². The van der Waals surface area contributed by atoms with Gasteiger partial charge in [-0.25, -0.2) is 0 Å². The standard InChI is InChI=1S/C16H24N2O3/c19-14(10-17-15(16(20)21)11-6-7-11)18(13-8-9-13)12-4-2-1-3-5-12/h4,11,13,15,17H,1-3,5-10H2,(H,20,21). The van der Waals surface area contributed by atoms with Crippen LogP contribution in [-0.2, 0) is 9.59 Å². The molecule has 3 aliphatic carbocycles. The Hall–Kier alpha value is -1.36. The molecule has 3 aliphatic rings. The van der Waals surface area contributed by atoms with Gasteiger partial charge in [0.15, 0.2) is 0 Å². The predicted octanol–water partition coefficient (Wildman–Crippen LogP) is 1.89. The minimum atomic E-state index is -0.833. The first-order valence-electron chi connectivity index (χ1n) is 8.14. The summed E-state index contributed by atoms with van der Waals surface area (Å²) in [4.78, 5) is 25.7. The Kier molecular flexibility index (Phi) is 4.29. The lowest BCUT2D eigenvalue weighted by atomic mass is 10.0. The first-order chi connectivity index (χ1) is 10.2. The van der Waals surface area contributed by atoms with E-state index in [4.69, 9.17) is 0 Å². The molecule has 0 heterocycles. The van der Waals surface area contributed by atoms with E-state index in [9.17, 15) is 14.7 Å². The normalized spacial score (nSPS) is 23.3. The van der Waals surface area contributed by atoms with Gasteiger partial charge in [-0.2, -0.15) is 0 Å². The van der Waals surface area contributed by atoms with Crippen LogP contribution in [0.3, 0.4) is 0 Å². The zero-order chi connectivity index (χ0) is 14.8. The van der Waals surface area contributed by atoms with E-state index in [0.29, 0.717) is 6.04 Å². The second-order valence-electron chi connectivity index (χ2n) is 6.47. The van der Waals surface area contributed by atoms with Crippen molar-refractivity contribution in [3.8, 4) is 0 Å². The van der Waals surface area contributed by atoms with Crippen molar-refractivity contribution in [2.45, 2.75) is 63.5 Å². The summed E-state index contributed by atoms with van der Waals surface area (Å²) in [6.45, 7) is 0.140. The quantitative estimate of drug-likeness (QED) is 0.752. The molecule has 0 aromatic heterocycles. The lowest BCUT2D eigenvalue weighted by molar-refractivity contribution is -0.140. The van der Waals surface area contributed by atoms with E-state index in [2.05, 4.69) is 11.4 Å². The second kappa shape index (κ2) is 6.18. The van der Waals surface area contributed by atoms with E-state index in [1.54, 1.807) is 0 Å². The number of nitrogens with one attached hydrogen (secondary N) is 1. The van der Waals surface area contributed by atoms with E-state index < -0.39 is 12.0 Å². The van der Waals surface area contributed by atoms with Crippen LogP contribution in [0.15, 0.2) is 11.8 Å². The van der Waals surface area contributed by atoms with Gasteiger partial charge in [0, 0.05) is 11.7 Å². The first-order valence-corrected chi connectivity index (χ1v) is 8.14. The average molecular weight is 292 g/mol. The van der Waals surface area contributed by atoms with Gasteiger partial charge in [-0.1, -0.05) is 6.08 Å². The number of nitrogens with zero attached hydrogens (tertiary/aromatic N) is 1. The molecule has 1 amide bonds. The molecule has 5 heteroatoms. The Morgan fingerprint density at radius 3 is 2.57 bits per heavy atom. The Morgan fingerprint density at radius 1 is 1.29 bits per heavy atom. The lowest BCUT2D eigenvalue weighted by Gasteiger charge is -2.28. The van der Waals surface area contributed by atoms with Crippen LogP contribution in [0.5, 0.6) is 0 Å². The van der Waals surface area contributed by atoms with Crippen molar-refractivity contribution in [3.63, 3.8) is 0 Å². The molecule has 1 atom stereocenters. The summed E-state index contributed by atoms with van der Waals surface area (Å²) in [5.41, 5.74) is 1.16. The van der Waals surface area contributed by atoms with Gasteiger partial charge in [0.25, 0.3) is 0 Å². The Labute approximate surface area is 125 Å². The number of carboxylic acid groups (broad SMARTS) is 1. The molecule has 3 rings (SSSR count). The van der Waals surface area contributed by atoms with Crippen LogP contribution >= 0.6 is 0 Å². The maximum Gasteiger partial charge on any atom is 0.320 e. The fourth-order valence-corrected chi connectivity index (χ4v) is 3.14. The molecule has 0 aliphatic heterocycles. The van der Waals surface area contributed by atoms with Gasteiger partial charge < -0.3 is 10.0 Å². The highest BCUT2D eigenvalue weighted by Crippen LogP contribution is 2.34. The molecular formula is C16H24N2O3. The molecule has 0 aromatic rings. The predicted molar refractivity (Wildman–Crippen MR) is 78.6 cm³/mol. The summed E-state index contributed by atoms with van der Waals surface area (Å²) in [6.07, 6.45) is 10.6. The van der Waals surface area contributed by atoms with Gasteiger partial charge >= 0.3 is 5.97 Å². The largest absolute Gasteiger partial charge is 0.480 e. The molecule has 2 N–H and O–H groups in total. The Morgan fingerprint density at radius 2 is 2.05 bits per heavy atom. The van der Waals surface area contributed by atoms with E-state index in [0.717, 1.165) is 50.6 Å². The van der Waals surface area contributed by atoms with Crippen LogP contribution in [0, 0.1) is 5.92 Å². The fraction of sp³-hybridized carbons (Fsp3) is 0.750. The molecular weight excluding hydrogens is 268 g/mol. The third-order valence-corrected chi connectivity index (χ3v) is 4.59. The number of rotatable bonds is 7. The van der Waals surface area contributed by atoms with Crippen LogP contribution in [-0.4, -0.2) is 40.5 Å². The summed E-state index contributed by atoms with van der Waals surface area (Å²) in [5, 5.41) is 12.2. The summed E-state index contributed by atoms with van der Waals surface area (Å²) < 4.78 is 0. The van der Waals surface area contributed by atoms with Crippen molar-refractivity contribution in [3.05, 3.63) is 11.8 Å². The Balaban J connectivity index is 1.59. The molecule has 2 fully saturated rings. The second-order valence-corrected chi connectivity index (χ2v) is 6.47. The zero-order valence-electron chi connectivity index (χ0n) is 12.4. The van der Waals surface area contributed by atoms with E-state index in [1.807, 2.05) is 4.90 Å². The summed E-state index contributed by atoms with van der Waals surface area (Å²) in [5.74, 6) is -0.587. The summed E-state index contributed by atoms with van der Waals surface area (Å²) in [7, 11) is 0. The first kappa shape index (κ1) is 14.6. The van der Waals surface area contributed by atoms with E-state index >= 15 is 0 Å². The summed E-state index contributed by atoms with van der Waals surface area (Å²) in [6, 6.07) is -0.205. The molecule has 0 spiro atoms. The van der Waals surface area contributed by atoms with Crippen LogP contribution in [0.1, 0.15) is 51.4 Å². The van der Waals surface area contributed by atoms with Crippen LogP contribution in [0.25, 0.3) is 0 Å². The average Bonchev–Trinajstić information content (AvgIpc) is 3.34. The van der Waals surface area contributed by atoms with Crippen LogP contribution < -0.4 is 5.32 Å². The molecule has 21 heavy (non-hydrogen) atoms. The SMILES string of the molecule is O=C(O)C(NCC(=O)N(C1=CCCCC1)C1CC1)C1CC1. The van der Waals surface area contributed by atoms with Gasteiger partial charge in [-0.05, 0) is 57.3 Å². The number of hydrogen-bond acceptors (Lipinski definition) is 3. The smallest absolute Gasteiger partial charge is 0.320 e. The van der Waals surface area contributed by atoms with Gasteiger partial charge in [0.05, 0.1) is 6.54 Å². The number of hydrogen-bond donors (Lipinski definition) is 2. The molecule has 1 unspecified atom stereocenters. The van der Waals surface area contributed by atoms with Gasteiger partial charge in [0.2, 0.25) is 5.91 Å². The minimum Gasteiger partial charge on any atom is -0.480 e. The number of aliphatic carboxylic acids is 1. The van der Waals surface area contributed by atoms with Crippen molar-refractivity contribution in [2.75, 3.05) is 6.54 Å². The molecule has 0 radical (unpaired) electrons. The molecule has 0 aromatic carbocycles. The molecule has 5 nitrogen and oxygen atoms in total. The van der Waals surface area contributed by atoms with Gasteiger partial charge in [-0.3, -0.25) is 14.9 Å². The maximum absolute atomic E-state index is 12.5. The highest BCUT2D eigenvalue weighted by molar-refractivity contribution is 5.82. The highest BCUT2D eigenvalue weighted by Gasteiger charge is 2.38. The Bertz CT molecular complexity index is 452. The molecule has 0 bridgehead atoms. The van der Waals surface area contributed by atoms with Crippen LogP contribution in [0.4, 0.5) is 0 Å². The molecule has 116 valence electrons. The monoisotopic (exact) mass is 292 g/mol. The fourth-order valence-electron chi connectivity index (χ4n) is 3.14. The van der Waals surface area contributed by atoms with Crippen molar-refractivity contribution in [1.82, 2.24) is 10.2 Å². The lowest BCUT2D eigenvalue weighted by Crippen LogP contribution is -2.46. The third-order valence-electron chi connectivity index (χ3n) is 4.59. The number of carbonyl (C=O) groups is 2. The summed E-state index contributed by atoms with van der Waals surface area (Å²) >= 11 is 0. The van der Waals surface area contributed by atoms with Gasteiger partial charge in [0.1, 0.15) is 6.04 Å². The van der Waals surface area contributed by atoms with E-state index in [1.165, 1.54) is 6.42 Å². The van der Waals surface area contributed by atoms with Crippen LogP contribution in [0.2, 0.25) is 0 Å².